The van der Waals surface area contributed by atoms with Gasteiger partial charge in [0.2, 0.25) is 0 Å². The molecule has 0 aliphatic carbocycles. The third kappa shape index (κ3) is 2.93. The molecule has 21 heavy (non-hydrogen) atoms. The molecule has 0 fully saturated rings. The average Bonchev–Trinajstić information content (AvgIpc) is 2.53. The first-order valence-electron chi connectivity index (χ1n) is 6.67. The third-order valence-corrected chi connectivity index (χ3v) is 3.63. The van der Waals surface area contributed by atoms with Crippen LogP contribution in [0.3, 0.4) is 0 Å². The monoisotopic (exact) mass is 298 g/mol. The highest BCUT2D eigenvalue weighted by atomic mass is 35.5. The molecule has 2 aromatic carbocycles. The quantitative estimate of drug-likeness (QED) is 0.769. The number of rotatable bonds is 4. The lowest BCUT2D eigenvalue weighted by Gasteiger charge is -2.12. The van der Waals surface area contributed by atoms with Crippen LogP contribution in [0.5, 0.6) is 5.75 Å². The molecule has 0 bridgehead atoms. The van der Waals surface area contributed by atoms with E-state index in [-0.39, 0.29) is 0 Å². The maximum absolute atomic E-state index is 6.06. The average molecular weight is 299 g/mol. The van der Waals surface area contributed by atoms with Gasteiger partial charge in [-0.25, -0.2) is 0 Å². The van der Waals surface area contributed by atoms with Crippen molar-refractivity contribution in [1.82, 2.24) is 4.98 Å². The molecule has 0 aliphatic heterocycles. The minimum atomic E-state index is 0.644. The van der Waals surface area contributed by atoms with Crippen molar-refractivity contribution in [2.45, 2.75) is 6.54 Å². The molecule has 0 saturated heterocycles. The summed E-state index contributed by atoms with van der Waals surface area (Å²) in [6.07, 6.45) is 3.66. The Morgan fingerprint density at radius 1 is 1.19 bits per heavy atom. The molecule has 0 aliphatic rings. The molecule has 0 unspecified atom stereocenters. The largest absolute Gasteiger partial charge is 0.496 e. The number of nitrogens with one attached hydrogen (secondary N) is 1. The van der Waals surface area contributed by atoms with E-state index in [1.165, 1.54) is 0 Å². The summed E-state index contributed by atoms with van der Waals surface area (Å²) in [5, 5.41) is 6.40. The minimum Gasteiger partial charge on any atom is -0.496 e. The van der Waals surface area contributed by atoms with Crippen molar-refractivity contribution < 1.29 is 4.74 Å². The molecule has 1 aromatic heterocycles. The minimum absolute atomic E-state index is 0.644. The van der Waals surface area contributed by atoms with Crippen LogP contribution >= 0.6 is 11.6 Å². The number of pyridine rings is 1. The van der Waals surface area contributed by atoms with E-state index in [9.17, 15) is 0 Å². The normalized spacial score (nSPS) is 10.6. The number of ether oxygens (including phenoxy) is 1. The maximum Gasteiger partial charge on any atom is 0.123 e. The Kier molecular flexibility index (Phi) is 3.93. The van der Waals surface area contributed by atoms with E-state index in [0.29, 0.717) is 11.6 Å². The lowest BCUT2D eigenvalue weighted by molar-refractivity contribution is 0.410. The van der Waals surface area contributed by atoms with Crippen LogP contribution in [0.25, 0.3) is 10.8 Å². The Labute approximate surface area is 128 Å². The van der Waals surface area contributed by atoms with E-state index in [4.69, 9.17) is 16.3 Å². The van der Waals surface area contributed by atoms with Crippen LogP contribution < -0.4 is 10.1 Å². The van der Waals surface area contributed by atoms with Gasteiger partial charge < -0.3 is 10.1 Å². The highest BCUT2D eigenvalue weighted by Gasteiger charge is 2.05. The van der Waals surface area contributed by atoms with Crippen LogP contribution in [-0.2, 0) is 6.54 Å². The summed E-state index contributed by atoms with van der Waals surface area (Å²) in [7, 11) is 1.66. The van der Waals surface area contributed by atoms with Crippen molar-refractivity contribution >= 4 is 28.1 Å². The molecule has 0 spiro atoms. The maximum atomic E-state index is 6.06. The fraction of sp³-hybridized carbons (Fsp3) is 0.118. The summed E-state index contributed by atoms with van der Waals surface area (Å²) in [6.45, 7) is 0.644. The van der Waals surface area contributed by atoms with E-state index < -0.39 is 0 Å². The first-order chi connectivity index (χ1) is 10.3. The molecule has 0 atom stereocenters. The van der Waals surface area contributed by atoms with E-state index in [1.54, 1.807) is 13.3 Å². The van der Waals surface area contributed by atoms with Gasteiger partial charge in [-0.3, -0.25) is 4.98 Å². The lowest BCUT2D eigenvalue weighted by Crippen LogP contribution is -2.02. The number of anilines is 1. The second kappa shape index (κ2) is 6.02. The number of hydrogen-bond donors (Lipinski definition) is 1. The van der Waals surface area contributed by atoms with Gasteiger partial charge in [-0.15, -0.1) is 0 Å². The summed E-state index contributed by atoms with van der Waals surface area (Å²) >= 11 is 6.06. The zero-order valence-corrected chi connectivity index (χ0v) is 12.4. The van der Waals surface area contributed by atoms with Crippen LogP contribution in [0.1, 0.15) is 5.56 Å². The van der Waals surface area contributed by atoms with Gasteiger partial charge in [-0.1, -0.05) is 23.7 Å². The summed E-state index contributed by atoms with van der Waals surface area (Å²) < 4.78 is 5.37. The molecule has 1 N–H and O–H groups in total. The van der Waals surface area contributed by atoms with Crippen molar-refractivity contribution in [3.05, 3.63) is 65.4 Å². The Hall–Kier alpha value is -2.26. The molecule has 1 heterocycles. The topological polar surface area (TPSA) is 34.1 Å². The van der Waals surface area contributed by atoms with Crippen molar-refractivity contribution in [3.63, 3.8) is 0 Å². The van der Waals surface area contributed by atoms with E-state index in [1.807, 2.05) is 42.6 Å². The van der Waals surface area contributed by atoms with Crippen LogP contribution in [0.2, 0.25) is 5.02 Å². The smallest absolute Gasteiger partial charge is 0.123 e. The Morgan fingerprint density at radius 3 is 2.95 bits per heavy atom. The van der Waals surface area contributed by atoms with Crippen molar-refractivity contribution in [2.24, 2.45) is 0 Å². The third-order valence-electron chi connectivity index (χ3n) is 3.39. The number of aromatic nitrogens is 1. The molecule has 0 amide bonds. The predicted octanol–water partition coefficient (Wildman–Crippen LogP) is 4.51. The summed E-state index contributed by atoms with van der Waals surface area (Å²) in [4.78, 5) is 4.15. The van der Waals surface area contributed by atoms with Crippen molar-refractivity contribution in [2.75, 3.05) is 12.4 Å². The SMILES string of the molecule is COc1ccc(Cl)cc1CNc1cccc2cnccc12. The highest BCUT2D eigenvalue weighted by Crippen LogP contribution is 2.26. The molecular weight excluding hydrogens is 284 g/mol. The molecule has 0 radical (unpaired) electrons. The number of fused-ring (bicyclic) bond motifs is 1. The number of benzene rings is 2. The number of methoxy groups -OCH3 is 1. The van der Waals surface area contributed by atoms with Gasteiger partial charge in [0, 0.05) is 46.0 Å². The standard InChI is InChI=1S/C17H15ClN2O/c1-21-17-6-5-14(18)9-13(17)11-20-16-4-2-3-12-10-19-8-7-15(12)16/h2-10,20H,11H2,1H3. The predicted molar refractivity (Wildman–Crippen MR) is 87.1 cm³/mol. The van der Waals surface area contributed by atoms with Crippen LogP contribution in [0, 0.1) is 0 Å². The molecule has 3 nitrogen and oxygen atoms in total. The second-order valence-corrected chi connectivity index (χ2v) is 5.15. The molecule has 0 saturated carbocycles. The summed E-state index contributed by atoms with van der Waals surface area (Å²) in [6, 6.07) is 13.8. The van der Waals surface area contributed by atoms with Crippen LogP contribution in [-0.4, -0.2) is 12.1 Å². The van der Waals surface area contributed by atoms with E-state index in [2.05, 4.69) is 16.4 Å². The Balaban J connectivity index is 1.89. The summed E-state index contributed by atoms with van der Waals surface area (Å²) in [5.41, 5.74) is 2.09. The summed E-state index contributed by atoms with van der Waals surface area (Å²) in [5.74, 6) is 0.828. The second-order valence-electron chi connectivity index (χ2n) is 4.71. The van der Waals surface area contributed by atoms with Gasteiger partial charge in [0.15, 0.2) is 0 Å². The molecule has 3 rings (SSSR count). The van der Waals surface area contributed by atoms with Gasteiger partial charge in [0.1, 0.15) is 5.75 Å². The Bertz CT molecular complexity index is 768. The van der Waals surface area contributed by atoms with Gasteiger partial charge in [0.25, 0.3) is 0 Å². The van der Waals surface area contributed by atoms with Gasteiger partial charge in [0.05, 0.1) is 7.11 Å². The fourth-order valence-corrected chi connectivity index (χ4v) is 2.55. The van der Waals surface area contributed by atoms with Crippen LogP contribution in [0.4, 0.5) is 5.69 Å². The fourth-order valence-electron chi connectivity index (χ4n) is 2.35. The molecule has 3 aromatic rings. The molecular formula is C17H15ClN2O. The van der Waals surface area contributed by atoms with Crippen molar-refractivity contribution in [1.29, 1.82) is 0 Å². The number of hydrogen-bond acceptors (Lipinski definition) is 3. The van der Waals surface area contributed by atoms with Gasteiger partial charge >= 0.3 is 0 Å². The number of halogens is 1. The van der Waals surface area contributed by atoms with Gasteiger partial charge in [-0.05, 0) is 30.3 Å². The lowest BCUT2D eigenvalue weighted by atomic mass is 10.1. The molecule has 4 heteroatoms. The first-order valence-corrected chi connectivity index (χ1v) is 7.05. The van der Waals surface area contributed by atoms with Crippen molar-refractivity contribution in [3.8, 4) is 5.75 Å². The number of nitrogens with zero attached hydrogens (tertiary/aromatic N) is 1. The zero-order valence-electron chi connectivity index (χ0n) is 11.6. The Morgan fingerprint density at radius 2 is 2.10 bits per heavy atom. The zero-order chi connectivity index (χ0) is 14.7. The van der Waals surface area contributed by atoms with E-state index in [0.717, 1.165) is 27.8 Å². The van der Waals surface area contributed by atoms with Crippen LogP contribution in [0.15, 0.2) is 54.9 Å². The highest BCUT2D eigenvalue weighted by molar-refractivity contribution is 6.30. The van der Waals surface area contributed by atoms with E-state index >= 15 is 0 Å². The van der Waals surface area contributed by atoms with Gasteiger partial charge in [-0.2, -0.15) is 0 Å². The first kappa shape index (κ1) is 13.7. The molecule has 106 valence electrons.